The molecule has 0 amide bonds. The highest BCUT2D eigenvalue weighted by atomic mass is 79.9. The van der Waals surface area contributed by atoms with Gasteiger partial charge >= 0.3 is 0 Å². The third-order valence-electron chi connectivity index (χ3n) is 6.08. The lowest BCUT2D eigenvalue weighted by Crippen LogP contribution is -2.46. The zero-order chi connectivity index (χ0) is 19.5. The van der Waals surface area contributed by atoms with Crippen molar-refractivity contribution in [3.63, 3.8) is 0 Å². The van der Waals surface area contributed by atoms with Crippen molar-refractivity contribution in [3.05, 3.63) is 59.2 Å². The Balaban J connectivity index is 0.00000240. The SMILES string of the molecule is Br.CCCCN1CCC[C@H]2OC(c3ccccc3)c3cc(OC)c(OC)cc3[C@H]21. The lowest BCUT2D eigenvalue weighted by atomic mass is 9.82. The topological polar surface area (TPSA) is 30.9 Å². The molecule has 2 aromatic rings. The normalized spacial score (nSPS) is 23.5. The number of hydrogen-bond acceptors (Lipinski definition) is 4. The van der Waals surface area contributed by atoms with Crippen molar-refractivity contribution in [2.75, 3.05) is 27.3 Å². The molecular weight excluding hydrogens is 430 g/mol. The van der Waals surface area contributed by atoms with Crippen LogP contribution in [0.5, 0.6) is 11.5 Å². The molecule has 1 saturated heterocycles. The molecule has 2 aromatic carbocycles. The lowest BCUT2D eigenvalue weighted by Gasteiger charge is -2.47. The number of ether oxygens (including phenoxy) is 3. The van der Waals surface area contributed by atoms with Gasteiger partial charge < -0.3 is 14.2 Å². The Bertz CT molecular complexity index is 798. The third kappa shape index (κ3) is 4.32. The summed E-state index contributed by atoms with van der Waals surface area (Å²) in [7, 11) is 3.41. The van der Waals surface area contributed by atoms with Crippen LogP contribution in [0.25, 0.3) is 0 Å². The van der Waals surface area contributed by atoms with E-state index in [1.165, 1.54) is 36.0 Å². The van der Waals surface area contributed by atoms with Gasteiger partial charge in [0.15, 0.2) is 11.5 Å². The molecular formula is C24H32BrNO3. The molecule has 2 aliphatic rings. The van der Waals surface area contributed by atoms with E-state index in [0.717, 1.165) is 31.0 Å². The van der Waals surface area contributed by atoms with Crippen LogP contribution < -0.4 is 9.47 Å². The van der Waals surface area contributed by atoms with Crippen LogP contribution in [0.15, 0.2) is 42.5 Å². The minimum atomic E-state index is -0.0663. The third-order valence-corrected chi connectivity index (χ3v) is 6.08. The Morgan fingerprint density at radius 2 is 1.72 bits per heavy atom. The molecule has 4 rings (SSSR count). The molecule has 1 unspecified atom stereocenters. The maximum Gasteiger partial charge on any atom is 0.161 e. The fourth-order valence-corrected chi connectivity index (χ4v) is 4.71. The van der Waals surface area contributed by atoms with Gasteiger partial charge in [-0.25, -0.2) is 0 Å². The Kier molecular flexibility index (Phi) is 7.60. The van der Waals surface area contributed by atoms with E-state index in [0.29, 0.717) is 0 Å². The molecule has 2 aliphatic heterocycles. The Labute approximate surface area is 184 Å². The maximum absolute atomic E-state index is 6.75. The highest BCUT2D eigenvalue weighted by molar-refractivity contribution is 8.93. The second-order valence-corrected chi connectivity index (χ2v) is 7.78. The first-order chi connectivity index (χ1) is 13.8. The van der Waals surface area contributed by atoms with Gasteiger partial charge in [-0.3, -0.25) is 4.90 Å². The highest BCUT2D eigenvalue weighted by Gasteiger charge is 2.42. The average molecular weight is 462 g/mol. The first-order valence-electron chi connectivity index (χ1n) is 10.5. The number of nitrogens with zero attached hydrogens (tertiary/aromatic N) is 1. The molecule has 0 bridgehead atoms. The average Bonchev–Trinajstić information content (AvgIpc) is 2.76. The van der Waals surface area contributed by atoms with Crippen molar-refractivity contribution >= 4 is 17.0 Å². The Hall–Kier alpha value is -1.56. The molecule has 4 nitrogen and oxygen atoms in total. The van der Waals surface area contributed by atoms with Crippen molar-refractivity contribution < 1.29 is 14.2 Å². The number of piperidine rings is 1. The van der Waals surface area contributed by atoms with Gasteiger partial charge in [0.1, 0.15) is 6.10 Å². The molecule has 0 radical (unpaired) electrons. The second kappa shape index (κ2) is 9.96. The standard InChI is InChI=1S/C24H31NO3.BrH/c1-4-5-13-25-14-9-12-20-23(25)18-15-21(26-2)22(27-3)16-19(18)24(28-20)17-10-7-6-8-11-17;/h6-8,10-11,15-16,20,23-24H,4-5,9,12-14H2,1-3H3;1H/t20-,23-,24?;/m1./s1. The van der Waals surface area contributed by atoms with Crippen molar-refractivity contribution in [1.29, 1.82) is 0 Å². The van der Waals surface area contributed by atoms with E-state index in [-0.39, 0.29) is 35.2 Å². The van der Waals surface area contributed by atoms with E-state index in [9.17, 15) is 0 Å². The summed E-state index contributed by atoms with van der Waals surface area (Å²) >= 11 is 0. The van der Waals surface area contributed by atoms with Crippen molar-refractivity contribution in [3.8, 4) is 11.5 Å². The van der Waals surface area contributed by atoms with Crippen LogP contribution in [0.3, 0.4) is 0 Å². The number of likely N-dealkylation sites (tertiary alicyclic amines) is 1. The van der Waals surface area contributed by atoms with Crippen LogP contribution >= 0.6 is 17.0 Å². The minimum Gasteiger partial charge on any atom is -0.493 e. The summed E-state index contributed by atoms with van der Waals surface area (Å²) < 4.78 is 18.0. The molecule has 0 aromatic heterocycles. The van der Waals surface area contributed by atoms with Crippen LogP contribution in [-0.2, 0) is 4.74 Å². The van der Waals surface area contributed by atoms with Gasteiger partial charge in [-0.2, -0.15) is 0 Å². The predicted molar refractivity (Wildman–Crippen MR) is 121 cm³/mol. The number of unbranched alkanes of at least 4 members (excludes halogenated alkanes) is 1. The van der Waals surface area contributed by atoms with Gasteiger partial charge in [0.25, 0.3) is 0 Å². The summed E-state index contributed by atoms with van der Waals surface area (Å²) in [6, 6.07) is 15.1. The molecule has 5 heteroatoms. The van der Waals surface area contributed by atoms with Gasteiger partial charge in [0, 0.05) is 0 Å². The number of benzene rings is 2. The second-order valence-electron chi connectivity index (χ2n) is 7.78. The molecule has 0 saturated carbocycles. The van der Waals surface area contributed by atoms with E-state index >= 15 is 0 Å². The number of methoxy groups -OCH3 is 2. The molecule has 2 heterocycles. The molecule has 0 N–H and O–H groups in total. The first-order valence-corrected chi connectivity index (χ1v) is 10.5. The molecule has 0 aliphatic carbocycles. The maximum atomic E-state index is 6.75. The number of hydrogen-bond donors (Lipinski definition) is 0. The van der Waals surface area contributed by atoms with Gasteiger partial charge in [-0.15, -0.1) is 17.0 Å². The highest BCUT2D eigenvalue weighted by Crippen LogP contribution is 2.49. The molecule has 158 valence electrons. The zero-order valence-corrected chi connectivity index (χ0v) is 19.3. The quantitative estimate of drug-likeness (QED) is 0.551. The van der Waals surface area contributed by atoms with E-state index in [1.54, 1.807) is 14.2 Å². The van der Waals surface area contributed by atoms with E-state index in [2.05, 4.69) is 54.3 Å². The van der Waals surface area contributed by atoms with Crippen LogP contribution in [0, 0.1) is 0 Å². The van der Waals surface area contributed by atoms with Crippen LogP contribution in [0.1, 0.15) is 61.4 Å². The van der Waals surface area contributed by atoms with Gasteiger partial charge in [0.05, 0.1) is 26.4 Å². The van der Waals surface area contributed by atoms with Gasteiger partial charge in [-0.1, -0.05) is 43.7 Å². The molecule has 3 atom stereocenters. The van der Waals surface area contributed by atoms with Crippen molar-refractivity contribution in [1.82, 2.24) is 4.90 Å². The summed E-state index contributed by atoms with van der Waals surface area (Å²) in [4.78, 5) is 2.61. The summed E-state index contributed by atoms with van der Waals surface area (Å²) in [6.07, 6.45) is 4.86. The van der Waals surface area contributed by atoms with Crippen molar-refractivity contribution in [2.24, 2.45) is 0 Å². The van der Waals surface area contributed by atoms with Crippen molar-refractivity contribution in [2.45, 2.75) is 50.9 Å². The summed E-state index contributed by atoms with van der Waals surface area (Å²) in [5, 5.41) is 0. The van der Waals surface area contributed by atoms with E-state index in [1.807, 2.05) is 0 Å². The number of rotatable bonds is 6. The molecule has 1 fully saturated rings. The molecule has 29 heavy (non-hydrogen) atoms. The minimum absolute atomic E-state index is 0. The van der Waals surface area contributed by atoms with E-state index < -0.39 is 0 Å². The summed E-state index contributed by atoms with van der Waals surface area (Å²) in [6.45, 7) is 4.51. The molecule has 0 spiro atoms. The first kappa shape index (κ1) is 22.1. The largest absolute Gasteiger partial charge is 0.493 e. The van der Waals surface area contributed by atoms with Crippen LogP contribution in [0.4, 0.5) is 0 Å². The monoisotopic (exact) mass is 461 g/mol. The van der Waals surface area contributed by atoms with Crippen LogP contribution in [0.2, 0.25) is 0 Å². The fraction of sp³-hybridized carbons (Fsp3) is 0.500. The summed E-state index contributed by atoms with van der Waals surface area (Å²) in [5.74, 6) is 1.56. The van der Waals surface area contributed by atoms with Gasteiger partial charge in [0.2, 0.25) is 0 Å². The predicted octanol–water partition coefficient (Wildman–Crippen LogP) is 5.71. The van der Waals surface area contributed by atoms with Crippen LogP contribution in [-0.4, -0.2) is 38.3 Å². The van der Waals surface area contributed by atoms with Gasteiger partial charge in [-0.05, 0) is 61.2 Å². The van der Waals surface area contributed by atoms with E-state index in [4.69, 9.17) is 14.2 Å². The smallest absolute Gasteiger partial charge is 0.161 e. The Morgan fingerprint density at radius 1 is 1.03 bits per heavy atom. The number of fused-ring (bicyclic) bond motifs is 3. The number of halogens is 1. The summed E-state index contributed by atoms with van der Waals surface area (Å²) in [5.41, 5.74) is 3.73. The Morgan fingerprint density at radius 3 is 2.38 bits per heavy atom. The lowest BCUT2D eigenvalue weighted by molar-refractivity contribution is -0.0860. The zero-order valence-electron chi connectivity index (χ0n) is 17.6. The fourth-order valence-electron chi connectivity index (χ4n) is 4.71.